The molecule has 0 radical (unpaired) electrons. The average molecular weight is 251 g/mol. The third-order valence-corrected chi connectivity index (χ3v) is 2.06. The van der Waals surface area contributed by atoms with Gasteiger partial charge in [0.25, 0.3) is 0 Å². The van der Waals surface area contributed by atoms with Crippen molar-refractivity contribution in [1.29, 1.82) is 5.41 Å². The number of hydrogen-bond donors (Lipinski definition) is 1. The Hall–Kier alpha value is -2.37. The SMILES string of the molecule is CCOC(=O)C(=N)N=C([OH2+])c1ccc(OC)cc1. The Balaban J connectivity index is 2.81. The molecule has 0 aromatic heterocycles. The molecule has 0 unspecified atom stereocenters. The summed E-state index contributed by atoms with van der Waals surface area (Å²) in [7, 11) is 1.54. The van der Waals surface area contributed by atoms with E-state index < -0.39 is 11.8 Å². The summed E-state index contributed by atoms with van der Waals surface area (Å²) in [6.45, 7) is 1.81. The Bertz CT molecular complexity index is 465. The van der Waals surface area contributed by atoms with Crippen molar-refractivity contribution in [1.82, 2.24) is 0 Å². The van der Waals surface area contributed by atoms with Crippen LogP contribution in [0, 0.1) is 5.41 Å². The largest absolute Gasteiger partial charge is 0.578 e. The molecule has 0 saturated heterocycles. The lowest BCUT2D eigenvalue weighted by Crippen LogP contribution is -2.16. The molecule has 96 valence electrons. The molecule has 0 amide bonds. The van der Waals surface area contributed by atoms with Crippen molar-refractivity contribution in [3.63, 3.8) is 0 Å². The van der Waals surface area contributed by atoms with Gasteiger partial charge in [-0.15, -0.1) is 4.99 Å². The van der Waals surface area contributed by atoms with E-state index in [4.69, 9.17) is 15.3 Å². The summed E-state index contributed by atoms with van der Waals surface area (Å²) in [5, 5.41) is 15.0. The third-order valence-electron chi connectivity index (χ3n) is 2.06. The standard InChI is InChI=1S/C12H14N2O4/c1-3-18-12(16)10(13)14-11(15)8-4-6-9(17-2)7-5-8/h4-7H,3H2,1-2H3,(H2,13,14,15)/p+1. The first-order chi connectivity index (χ1) is 8.58. The molecule has 0 aliphatic heterocycles. The molecule has 0 aliphatic rings. The number of nitrogens with one attached hydrogen (secondary N) is 1. The molecule has 1 aromatic carbocycles. The lowest BCUT2D eigenvalue weighted by atomic mass is 10.2. The third kappa shape index (κ3) is 3.58. The van der Waals surface area contributed by atoms with E-state index in [1.54, 1.807) is 38.3 Å². The molecule has 6 heteroatoms. The van der Waals surface area contributed by atoms with Gasteiger partial charge in [-0.1, -0.05) is 0 Å². The molecule has 1 aromatic rings. The van der Waals surface area contributed by atoms with Crippen molar-refractivity contribution >= 4 is 17.7 Å². The van der Waals surface area contributed by atoms with Crippen molar-refractivity contribution in [3.8, 4) is 5.75 Å². The molecular weight excluding hydrogens is 236 g/mol. The number of methoxy groups -OCH3 is 1. The minimum absolute atomic E-state index is 0.171. The number of rotatable bonds is 3. The fraction of sp³-hybridized carbons (Fsp3) is 0.250. The van der Waals surface area contributed by atoms with Gasteiger partial charge in [-0.2, -0.15) is 0 Å². The maximum atomic E-state index is 11.2. The summed E-state index contributed by atoms with van der Waals surface area (Å²) in [4.78, 5) is 14.7. The Morgan fingerprint density at radius 1 is 1.39 bits per heavy atom. The summed E-state index contributed by atoms with van der Waals surface area (Å²) < 4.78 is 9.59. The highest BCUT2D eigenvalue weighted by Crippen LogP contribution is 2.11. The maximum absolute atomic E-state index is 11.2. The van der Waals surface area contributed by atoms with Crippen LogP contribution in [0.3, 0.4) is 0 Å². The van der Waals surface area contributed by atoms with Gasteiger partial charge in [0.1, 0.15) is 5.75 Å². The fourth-order valence-electron chi connectivity index (χ4n) is 1.17. The van der Waals surface area contributed by atoms with Gasteiger partial charge < -0.3 is 14.6 Å². The number of esters is 1. The van der Waals surface area contributed by atoms with Gasteiger partial charge >= 0.3 is 11.9 Å². The quantitative estimate of drug-likeness (QED) is 0.371. The first-order valence-corrected chi connectivity index (χ1v) is 5.28. The molecule has 6 nitrogen and oxygen atoms in total. The number of benzene rings is 1. The van der Waals surface area contributed by atoms with E-state index in [9.17, 15) is 4.79 Å². The van der Waals surface area contributed by atoms with Crippen molar-refractivity contribution < 1.29 is 19.4 Å². The second-order valence-electron chi connectivity index (χ2n) is 3.26. The monoisotopic (exact) mass is 251 g/mol. The zero-order valence-electron chi connectivity index (χ0n) is 10.2. The Kier molecular flexibility index (Phi) is 4.86. The Morgan fingerprint density at radius 2 is 2.00 bits per heavy atom. The smallest absolute Gasteiger partial charge is 0.376 e. The number of ether oxygens (including phenoxy) is 2. The Morgan fingerprint density at radius 3 is 2.50 bits per heavy atom. The minimum Gasteiger partial charge on any atom is -0.578 e. The van der Waals surface area contributed by atoms with Crippen LogP contribution < -0.4 is 4.74 Å². The second kappa shape index (κ2) is 6.39. The summed E-state index contributed by atoms with van der Waals surface area (Å²) in [5.41, 5.74) is 0.491. The van der Waals surface area contributed by atoms with E-state index >= 15 is 0 Å². The number of carbonyl (C=O) groups is 1. The lowest BCUT2D eigenvalue weighted by Gasteiger charge is -2.00. The zero-order chi connectivity index (χ0) is 13.5. The molecular formula is C12H15N2O4+. The van der Waals surface area contributed by atoms with Crippen LogP contribution in [-0.4, -0.2) is 36.5 Å². The van der Waals surface area contributed by atoms with Crippen LogP contribution in [-0.2, 0) is 9.53 Å². The highest BCUT2D eigenvalue weighted by molar-refractivity contribution is 6.36. The molecule has 0 aliphatic carbocycles. The molecule has 0 atom stereocenters. The second-order valence-corrected chi connectivity index (χ2v) is 3.26. The van der Waals surface area contributed by atoms with Crippen molar-refractivity contribution in [2.45, 2.75) is 6.92 Å². The molecule has 0 heterocycles. The normalized spacial score (nSPS) is 10.9. The van der Waals surface area contributed by atoms with E-state index in [0.717, 1.165) is 0 Å². The van der Waals surface area contributed by atoms with Gasteiger partial charge in [0.05, 0.1) is 19.3 Å². The van der Waals surface area contributed by atoms with Crippen LogP contribution in [0.5, 0.6) is 5.75 Å². The summed E-state index contributed by atoms with van der Waals surface area (Å²) in [6.07, 6.45) is 0. The molecule has 0 bridgehead atoms. The summed E-state index contributed by atoms with van der Waals surface area (Å²) >= 11 is 0. The van der Waals surface area contributed by atoms with Crippen molar-refractivity contribution in [3.05, 3.63) is 29.8 Å². The summed E-state index contributed by atoms with van der Waals surface area (Å²) in [5.74, 6) is -0.934. The highest BCUT2D eigenvalue weighted by Gasteiger charge is 2.14. The number of aliphatic imine (C=N–C) groups is 1. The number of nitrogens with zero attached hydrogens (tertiary/aromatic N) is 1. The molecule has 1 rings (SSSR count). The summed E-state index contributed by atoms with van der Waals surface area (Å²) in [6, 6.07) is 6.60. The van der Waals surface area contributed by atoms with Crippen LogP contribution >= 0.6 is 0 Å². The van der Waals surface area contributed by atoms with Crippen LogP contribution in [0.15, 0.2) is 29.3 Å². The van der Waals surface area contributed by atoms with Gasteiger partial charge in [-0.3, -0.25) is 5.41 Å². The van der Waals surface area contributed by atoms with Gasteiger partial charge in [-0.05, 0) is 31.2 Å². The molecule has 3 N–H and O–H groups in total. The zero-order valence-corrected chi connectivity index (χ0v) is 10.2. The van der Waals surface area contributed by atoms with Crippen molar-refractivity contribution in [2.75, 3.05) is 13.7 Å². The lowest BCUT2D eigenvalue weighted by molar-refractivity contribution is -0.135. The van der Waals surface area contributed by atoms with Gasteiger partial charge in [0.15, 0.2) is 0 Å². The van der Waals surface area contributed by atoms with Crippen LogP contribution in [0.2, 0.25) is 0 Å². The molecule has 0 spiro atoms. The topological polar surface area (TPSA) is 94.6 Å². The highest BCUT2D eigenvalue weighted by atomic mass is 16.5. The molecule has 0 fully saturated rings. The van der Waals surface area contributed by atoms with E-state index in [1.165, 1.54) is 0 Å². The molecule has 18 heavy (non-hydrogen) atoms. The maximum Gasteiger partial charge on any atom is 0.376 e. The first kappa shape index (κ1) is 13.7. The van der Waals surface area contributed by atoms with Gasteiger partial charge in [0, 0.05) is 0 Å². The van der Waals surface area contributed by atoms with E-state index in [-0.39, 0.29) is 12.5 Å². The van der Waals surface area contributed by atoms with Crippen molar-refractivity contribution in [2.24, 2.45) is 4.99 Å². The van der Waals surface area contributed by atoms with E-state index in [2.05, 4.69) is 9.73 Å². The fourth-order valence-corrected chi connectivity index (χ4v) is 1.17. The van der Waals surface area contributed by atoms with Crippen LogP contribution in [0.4, 0.5) is 0 Å². The van der Waals surface area contributed by atoms with E-state index in [0.29, 0.717) is 11.3 Å². The molecule has 0 saturated carbocycles. The number of carbonyl (C=O) groups excluding carboxylic acids is 1. The number of hydrogen-bond acceptors (Lipinski definition) is 4. The van der Waals surface area contributed by atoms with Gasteiger partial charge in [0.2, 0.25) is 5.84 Å². The van der Waals surface area contributed by atoms with E-state index in [1.807, 2.05) is 0 Å². The minimum atomic E-state index is -0.837. The average Bonchev–Trinajstić information content (AvgIpc) is 2.39. The predicted molar refractivity (Wildman–Crippen MR) is 67.5 cm³/mol. The van der Waals surface area contributed by atoms with Crippen LogP contribution in [0.1, 0.15) is 12.5 Å². The van der Waals surface area contributed by atoms with Gasteiger partial charge in [-0.25, -0.2) is 4.79 Å². The number of amidine groups is 1. The Labute approximate surface area is 104 Å². The first-order valence-electron chi connectivity index (χ1n) is 5.28. The van der Waals surface area contributed by atoms with Crippen LogP contribution in [0.25, 0.3) is 0 Å². The predicted octanol–water partition coefficient (Wildman–Crippen LogP) is 0.707.